The van der Waals surface area contributed by atoms with Gasteiger partial charge < -0.3 is 29.3 Å². The topological polar surface area (TPSA) is 141 Å². The molecule has 3 atom stereocenters. The molecule has 0 aliphatic heterocycles. The Morgan fingerprint density at radius 2 is 1.32 bits per heavy atom. The van der Waals surface area contributed by atoms with Gasteiger partial charge in [-0.25, -0.2) is 0 Å². The SMILES string of the molecule is CC1=C[C@H]2c3c(c(O)c(O)c4oc5ccccc5c(=O)c34)[C@H](c3cc(O)c(O)c4oc5ccccc5c(=O)c34)[C@H]2C(C)(C)C1. The van der Waals surface area contributed by atoms with Crippen LogP contribution >= 0.6 is 0 Å². The summed E-state index contributed by atoms with van der Waals surface area (Å²) in [4.78, 5) is 28.3. The number of rotatable bonds is 1. The Morgan fingerprint density at radius 3 is 1.95 bits per heavy atom. The van der Waals surface area contributed by atoms with E-state index in [1.165, 1.54) is 6.07 Å². The van der Waals surface area contributed by atoms with Gasteiger partial charge in [0.15, 0.2) is 22.7 Å². The average molecular weight is 589 g/mol. The predicted molar refractivity (Wildman–Crippen MR) is 167 cm³/mol. The van der Waals surface area contributed by atoms with Crippen LogP contribution in [0, 0.1) is 11.3 Å². The molecule has 0 radical (unpaired) electrons. The second kappa shape index (κ2) is 8.66. The molecule has 0 fully saturated rings. The van der Waals surface area contributed by atoms with Gasteiger partial charge >= 0.3 is 0 Å². The van der Waals surface area contributed by atoms with Gasteiger partial charge in [-0.1, -0.05) is 49.8 Å². The molecule has 0 saturated heterocycles. The standard InChI is InChI=1S/C36H28O8/c1-15-12-19-23-26(32(41)33(42)35-27(23)30(39)17-9-5-7-11-22(17)44-35)24(28(19)36(2,3)14-15)18-13-20(37)31(40)34-25(18)29(38)16-8-4-6-10-21(16)43-34/h4-13,19,24,28,37,40-42H,14H2,1-3H3/t19-,24-,28-/m0/s1. The average Bonchev–Trinajstić information content (AvgIpc) is 3.33. The molecule has 0 spiro atoms. The van der Waals surface area contributed by atoms with Crippen molar-refractivity contribution in [3.63, 3.8) is 0 Å². The van der Waals surface area contributed by atoms with Crippen molar-refractivity contribution in [2.24, 2.45) is 11.3 Å². The van der Waals surface area contributed by atoms with Crippen molar-refractivity contribution in [2.75, 3.05) is 0 Å². The molecule has 0 amide bonds. The molecule has 2 heterocycles. The minimum atomic E-state index is -0.784. The van der Waals surface area contributed by atoms with Gasteiger partial charge in [-0.3, -0.25) is 9.59 Å². The lowest BCUT2D eigenvalue weighted by Gasteiger charge is -2.43. The Labute approximate surface area is 249 Å². The summed E-state index contributed by atoms with van der Waals surface area (Å²) in [6, 6.07) is 14.7. The molecule has 4 N–H and O–H groups in total. The van der Waals surface area contributed by atoms with E-state index >= 15 is 0 Å². The Morgan fingerprint density at radius 1 is 0.750 bits per heavy atom. The quantitative estimate of drug-likeness (QED) is 0.0894. The minimum Gasteiger partial charge on any atom is -0.504 e. The maximum Gasteiger partial charge on any atom is 0.202 e. The van der Waals surface area contributed by atoms with Crippen LogP contribution < -0.4 is 10.9 Å². The number of hydrogen-bond acceptors (Lipinski definition) is 8. The lowest BCUT2D eigenvalue weighted by molar-refractivity contribution is 0.173. The third kappa shape index (κ3) is 3.28. The first-order chi connectivity index (χ1) is 21.0. The van der Waals surface area contributed by atoms with Gasteiger partial charge in [0.05, 0.1) is 21.5 Å². The van der Waals surface area contributed by atoms with Crippen molar-refractivity contribution >= 4 is 43.9 Å². The van der Waals surface area contributed by atoms with Gasteiger partial charge in [0.1, 0.15) is 11.2 Å². The highest BCUT2D eigenvalue weighted by Crippen LogP contribution is 2.66. The Balaban J connectivity index is 1.59. The number of aromatic hydroxyl groups is 4. The Hall–Kier alpha value is -5.24. The molecule has 220 valence electrons. The fourth-order valence-corrected chi connectivity index (χ4v) is 8.17. The van der Waals surface area contributed by atoms with Gasteiger partial charge in [0, 0.05) is 17.4 Å². The summed E-state index contributed by atoms with van der Waals surface area (Å²) in [6.45, 7) is 6.21. The number of benzene rings is 4. The molecule has 4 aromatic carbocycles. The number of phenols is 4. The van der Waals surface area contributed by atoms with Crippen molar-refractivity contribution in [3.05, 3.63) is 103 Å². The van der Waals surface area contributed by atoms with Crippen molar-refractivity contribution in [3.8, 4) is 23.0 Å². The second-order valence-corrected chi connectivity index (χ2v) is 12.8. The third-order valence-electron chi connectivity index (χ3n) is 9.71. The van der Waals surface area contributed by atoms with E-state index in [1.807, 2.05) is 6.92 Å². The molecule has 8 heteroatoms. The molecule has 2 aliphatic rings. The second-order valence-electron chi connectivity index (χ2n) is 12.8. The molecule has 2 aliphatic carbocycles. The summed E-state index contributed by atoms with van der Waals surface area (Å²) in [5, 5.41) is 46.0. The highest BCUT2D eigenvalue weighted by molar-refractivity contribution is 6.00. The zero-order valence-electron chi connectivity index (χ0n) is 24.1. The van der Waals surface area contributed by atoms with E-state index in [1.54, 1.807) is 48.5 Å². The van der Waals surface area contributed by atoms with E-state index in [9.17, 15) is 30.0 Å². The number of hydrogen-bond donors (Lipinski definition) is 4. The minimum absolute atomic E-state index is 0.0576. The Kier molecular flexibility index (Phi) is 5.19. The number of allylic oxidation sites excluding steroid dienone is 2. The first-order valence-corrected chi connectivity index (χ1v) is 14.5. The van der Waals surface area contributed by atoms with Gasteiger partial charge in [0.25, 0.3) is 0 Å². The van der Waals surface area contributed by atoms with E-state index in [0.717, 1.165) is 5.57 Å². The molecule has 8 nitrogen and oxygen atoms in total. The fraction of sp³-hybridized carbons (Fsp3) is 0.222. The van der Waals surface area contributed by atoms with Gasteiger partial charge in [-0.05, 0) is 66.1 Å². The summed E-state index contributed by atoms with van der Waals surface area (Å²) in [6.07, 6.45) is 2.78. The van der Waals surface area contributed by atoms with Gasteiger partial charge in [-0.15, -0.1) is 0 Å². The van der Waals surface area contributed by atoms with Gasteiger partial charge in [-0.2, -0.15) is 0 Å². The van der Waals surface area contributed by atoms with Crippen molar-refractivity contribution in [1.29, 1.82) is 0 Å². The monoisotopic (exact) mass is 588 g/mol. The molecular formula is C36H28O8. The zero-order valence-corrected chi connectivity index (χ0v) is 24.1. The van der Waals surface area contributed by atoms with Crippen LogP contribution in [0.25, 0.3) is 43.9 Å². The lowest BCUT2D eigenvalue weighted by Crippen LogP contribution is -2.33. The number of phenolic OH excluding ortho intramolecular Hbond substituents is 4. The fourth-order valence-electron chi connectivity index (χ4n) is 8.17. The van der Waals surface area contributed by atoms with Crippen LogP contribution in [0.5, 0.6) is 23.0 Å². The van der Waals surface area contributed by atoms with E-state index in [4.69, 9.17) is 8.83 Å². The van der Waals surface area contributed by atoms with Crippen molar-refractivity contribution in [2.45, 2.75) is 39.0 Å². The zero-order chi connectivity index (χ0) is 30.8. The summed E-state index contributed by atoms with van der Waals surface area (Å²) in [5.41, 5.74) is 1.27. The molecule has 0 unspecified atom stereocenters. The van der Waals surface area contributed by atoms with Crippen LogP contribution in [0.1, 0.15) is 55.7 Å². The van der Waals surface area contributed by atoms with E-state index < -0.39 is 45.7 Å². The molecule has 0 saturated carbocycles. The largest absolute Gasteiger partial charge is 0.504 e. The van der Waals surface area contributed by atoms with Crippen LogP contribution in [0.4, 0.5) is 0 Å². The highest BCUT2D eigenvalue weighted by Gasteiger charge is 2.53. The third-order valence-corrected chi connectivity index (χ3v) is 9.71. The van der Waals surface area contributed by atoms with Crippen LogP contribution in [0.3, 0.4) is 0 Å². The predicted octanol–water partition coefficient (Wildman–Crippen LogP) is 7.25. The summed E-state index contributed by atoms with van der Waals surface area (Å²) in [7, 11) is 0. The summed E-state index contributed by atoms with van der Waals surface area (Å²) in [5.74, 6) is -3.62. The first kappa shape index (κ1) is 26.4. The normalized spacial score (nSPS) is 20.7. The maximum absolute atomic E-state index is 14.2. The summed E-state index contributed by atoms with van der Waals surface area (Å²) < 4.78 is 12.1. The molecule has 8 rings (SSSR count). The number of fused-ring (bicyclic) bond motifs is 8. The highest BCUT2D eigenvalue weighted by atomic mass is 16.4. The molecule has 0 bridgehead atoms. The summed E-state index contributed by atoms with van der Waals surface area (Å²) >= 11 is 0. The van der Waals surface area contributed by atoms with Gasteiger partial charge in [0.2, 0.25) is 22.4 Å². The van der Waals surface area contributed by atoms with E-state index in [2.05, 4.69) is 19.9 Å². The molecule has 6 aromatic rings. The first-order valence-electron chi connectivity index (χ1n) is 14.5. The van der Waals surface area contributed by atoms with E-state index in [-0.39, 0.29) is 55.4 Å². The number of para-hydroxylation sites is 2. The van der Waals surface area contributed by atoms with Crippen LogP contribution in [-0.2, 0) is 0 Å². The smallest absolute Gasteiger partial charge is 0.202 e. The van der Waals surface area contributed by atoms with Crippen LogP contribution in [0.15, 0.2) is 84.7 Å². The molecular weight excluding hydrogens is 560 g/mol. The van der Waals surface area contributed by atoms with Crippen molar-refractivity contribution in [1.82, 2.24) is 0 Å². The lowest BCUT2D eigenvalue weighted by atomic mass is 9.61. The molecule has 2 aromatic heterocycles. The van der Waals surface area contributed by atoms with Crippen molar-refractivity contribution < 1.29 is 29.3 Å². The van der Waals surface area contributed by atoms with E-state index in [0.29, 0.717) is 22.9 Å². The Bertz CT molecular complexity index is 2410. The molecule has 44 heavy (non-hydrogen) atoms. The van der Waals surface area contributed by atoms with Crippen LogP contribution in [-0.4, -0.2) is 20.4 Å². The maximum atomic E-state index is 14.2. The van der Waals surface area contributed by atoms with Crippen LogP contribution in [0.2, 0.25) is 0 Å².